The van der Waals surface area contributed by atoms with Crippen LogP contribution in [0.2, 0.25) is 0 Å². The Hall–Kier alpha value is -3.92. The fourth-order valence-corrected chi connectivity index (χ4v) is 5.65. The minimum absolute atomic E-state index is 0.354. The SMILES string of the molecule is CCS(=O)(=O)c1cc(-c2ccc(C3(C#N)CC3)cc2)cnc1-c1nc2cc(C(F)(F)F)cn(CC(F)F)c-2c1F. The molecule has 0 N–H and O–H groups in total. The van der Waals surface area contributed by atoms with Crippen molar-refractivity contribution >= 4 is 9.84 Å². The van der Waals surface area contributed by atoms with Crippen molar-refractivity contribution in [1.82, 2.24) is 14.5 Å². The molecule has 1 aliphatic carbocycles. The maximum Gasteiger partial charge on any atom is 0.417 e. The van der Waals surface area contributed by atoms with Gasteiger partial charge in [-0.1, -0.05) is 31.2 Å². The number of hydrogen-bond donors (Lipinski definition) is 0. The van der Waals surface area contributed by atoms with Crippen molar-refractivity contribution in [3.63, 3.8) is 0 Å². The number of nitriles is 1. The Morgan fingerprint density at radius 1 is 1.10 bits per heavy atom. The van der Waals surface area contributed by atoms with E-state index in [1.807, 2.05) is 0 Å². The molecule has 0 amide bonds. The van der Waals surface area contributed by atoms with E-state index < -0.39 is 79.2 Å². The molecule has 2 aliphatic heterocycles. The number of aromatic nitrogens is 3. The third kappa shape index (κ3) is 4.81. The van der Waals surface area contributed by atoms with E-state index in [1.54, 1.807) is 24.3 Å². The zero-order chi connectivity index (χ0) is 29.0. The molecule has 1 saturated carbocycles. The summed E-state index contributed by atoms with van der Waals surface area (Å²) >= 11 is 0. The molecule has 0 bridgehead atoms. The second-order valence-electron chi connectivity index (χ2n) is 9.52. The topological polar surface area (TPSA) is 88.6 Å². The maximum atomic E-state index is 15.7. The van der Waals surface area contributed by atoms with Crippen molar-refractivity contribution in [1.29, 1.82) is 5.26 Å². The lowest BCUT2D eigenvalue weighted by Crippen LogP contribution is -2.15. The van der Waals surface area contributed by atoms with Crippen LogP contribution in [0.15, 0.2) is 53.7 Å². The van der Waals surface area contributed by atoms with E-state index in [4.69, 9.17) is 0 Å². The summed E-state index contributed by atoms with van der Waals surface area (Å²) in [5.74, 6) is -1.67. The number of rotatable bonds is 7. The number of pyridine rings is 2. The maximum absolute atomic E-state index is 15.7. The van der Waals surface area contributed by atoms with Gasteiger partial charge in [-0.3, -0.25) is 4.98 Å². The Morgan fingerprint density at radius 2 is 1.77 bits per heavy atom. The number of fused-ring (bicyclic) bond motifs is 1. The van der Waals surface area contributed by atoms with Crippen molar-refractivity contribution in [2.24, 2.45) is 0 Å². The first-order valence-corrected chi connectivity index (χ1v) is 13.7. The summed E-state index contributed by atoms with van der Waals surface area (Å²) in [6, 6.07) is 11.0. The Morgan fingerprint density at radius 3 is 2.33 bits per heavy atom. The highest BCUT2D eigenvalue weighted by molar-refractivity contribution is 7.91. The summed E-state index contributed by atoms with van der Waals surface area (Å²) in [6.45, 7) is 0.118. The van der Waals surface area contributed by atoms with Gasteiger partial charge in [0.15, 0.2) is 15.7 Å². The molecule has 0 radical (unpaired) electrons. The van der Waals surface area contributed by atoms with Gasteiger partial charge in [-0.2, -0.15) is 18.4 Å². The van der Waals surface area contributed by atoms with Crippen LogP contribution in [0, 0.1) is 17.1 Å². The lowest BCUT2D eigenvalue weighted by molar-refractivity contribution is -0.138. The van der Waals surface area contributed by atoms with Crippen LogP contribution in [0.5, 0.6) is 0 Å². The molecule has 0 spiro atoms. The van der Waals surface area contributed by atoms with Gasteiger partial charge in [0.2, 0.25) is 0 Å². The number of sulfone groups is 1. The van der Waals surface area contributed by atoms with Gasteiger partial charge < -0.3 is 4.57 Å². The molecular weight excluding hydrogens is 558 g/mol. The minimum Gasteiger partial charge on any atom is -0.337 e. The number of nitrogens with zero attached hydrogens (tertiary/aromatic N) is 4. The molecule has 0 saturated heterocycles. The van der Waals surface area contributed by atoms with E-state index >= 15 is 4.39 Å². The van der Waals surface area contributed by atoms with Crippen molar-refractivity contribution in [3.8, 4) is 40.0 Å². The van der Waals surface area contributed by atoms with E-state index in [1.165, 1.54) is 19.2 Å². The fraction of sp³-hybridized carbons (Fsp3) is 0.296. The van der Waals surface area contributed by atoms with Crippen molar-refractivity contribution < 1.29 is 34.8 Å². The molecular formula is C27H20F6N4O2S. The van der Waals surface area contributed by atoms with Gasteiger partial charge in [-0.15, -0.1) is 0 Å². The van der Waals surface area contributed by atoms with Crippen molar-refractivity contribution in [2.75, 3.05) is 5.75 Å². The zero-order valence-corrected chi connectivity index (χ0v) is 21.6. The normalized spacial score (nSPS) is 15.0. The first-order chi connectivity index (χ1) is 18.8. The molecule has 1 aromatic carbocycles. The summed E-state index contributed by atoms with van der Waals surface area (Å²) in [7, 11) is -4.07. The molecule has 13 heteroatoms. The molecule has 5 rings (SSSR count). The Bertz CT molecular complexity index is 1720. The van der Waals surface area contributed by atoms with E-state index in [0.717, 1.165) is 18.4 Å². The standard InChI is InChI=1S/C27H20F6N4O2S/c1-2-40(38,39)20-9-16(15-3-5-17(6-4-15)26(14-34)7-8-26)11-35-23(20)24-22(30)25-19(36-24)10-18(27(31,32)33)12-37(25)13-21(28)29/h3-6,9-12,21H,2,7-8,13H2,1H3. The quantitative estimate of drug-likeness (QED) is 0.234. The van der Waals surface area contributed by atoms with Crippen molar-refractivity contribution in [3.05, 3.63) is 65.7 Å². The van der Waals surface area contributed by atoms with Crippen LogP contribution in [0.1, 0.15) is 30.9 Å². The Kier molecular flexibility index (Phi) is 6.65. The highest BCUT2D eigenvalue weighted by Crippen LogP contribution is 2.48. The van der Waals surface area contributed by atoms with E-state index in [9.17, 15) is 35.6 Å². The summed E-state index contributed by atoms with van der Waals surface area (Å²) in [5.41, 5.74) is -2.41. The Labute approximate surface area is 225 Å². The lowest BCUT2D eigenvalue weighted by Gasteiger charge is -2.16. The summed E-state index contributed by atoms with van der Waals surface area (Å²) in [6.07, 6.45) is -4.91. The number of halogens is 6. The molecule has 3 heterocycles. The highest BCUT2D eigenvalue weighted by Gasteiger charge is 2.44. The van der Waals surface area contributed by atoms with Crippen molar-refractivity contribution in [2.45, 2.75) is 49.2 Å². The first kappa shape index (κ1) is 27.6. The van der Waals surface area contributed by atoms with Gasteiger partial charge in [0.25, 0.3) is 6.43 Å². The third-order valence-corrected chi connectivity index (χ3v) is 8.70. The van der Waals surface area contributed by atoms with Gasteiger partial charge >= 0.3 is 6.18 Å². The first-order valence-electron chi connectivity index (χ1n) is 12.1. The van der Waals surface area contributed by atoms with Crippen LogP contribution in [0.4, 0.5) is 26.3 Å². The summed E-state index contributed by atoms with van der Waals surface area (Å²) in [4.78, 5) is 7.62. The van der Waals surface area contributed by atoms with Crippen LogP contribution in [-0.4, -0.2) is 35.1 Å². The van der Waals surface area contributed by atoms with Gasteiger partial charge in [-0.05, 0) is 36.1 Å². The molecule has 3 aliphatic rings. The molecule has 1 fully saturated rings. The fourth-order valence-electron chi connectivity index (χ4n) is 4.59. The van der Waals surface area contributed by atoms with E-state index in [-0.39, 0.29) is 0 Å². The van der Waals surface area contributed by atoms with Gasteiger partial charge in [0, 0.05) is 18.0 Å². The zero-order valence-electron chi connectivity index (χ0n) is 20.8. The number of benzene rings is 1. The average molecular weight is 579 g/mol. The lowest BCUT2D eigenvalue weighted by atomic mass is 9.95. The number of alkyl halides is 5. The third-order valence-electron chi connectivity index (χ3n) is 6.95. The van der Waals surface area contributed by atoms with E-state index in [0.29, 0.717) is 28.0 Å². The molecule has 0 unspecified atom stereocenters. The van der Waals surface area contributed by atoms with Crippen LogP contribution < -0.4 is 0 Å². The largest absolute Gasteiger partial charge is 0.417 e. The predicted octanol–water partition coefficient (Wildman–Crippen LogP) is 6.49. The monoisotopic (exact) mass is 578 g/mol. The molecule has 1 aromatic heterocycles. The summed E-state index contributed by atoms with van der Waals surface area (Å²) in [5, 5.41) is 9.42. The molecule has 0 atom stereocenters. The van der Waals surface area contributed by atoms with Gasteiger partial charge in [0.1, 0.15) is 17.1 Å². The van der Waals surface area contributed by atoms with Crippen LogP contribution in [0.25, 0.3) is 33.9 Å². The predicted molar refractivity (Wildman–Crippen MR) is 133 cm³/mol. The Balaban J connectivity index is 1.67. The molecule has 208 valence electrons. The van der Waals surface area contributed by atoms with Crippen LogP contribution in [0.3, 0.4) is 0 Å². The highest BCUT2D eigenvalue weighted by atomic mass is 32.2. The molecule has 40 heavy (non-hydrogen) atoms. The number of hydrogen-bond acceptors (Lipinski definition) is 5. The molecule has 2 aromatic rings. The summed E-state index contributed by atoms with van der Waals surface area (Å²) < 4.78 is 109. The average Bonchev–Trinajstić information content (AvgIpc) is 3.64. The molecule has 6 nitrogen and oxygen atoms in total. The van der Waals surface area contributed by atoms with Crippen LogP contribution in [-0.2, 0) is 28.0 Å². The van der Waals surface area contributed by atoms with Crippen LogP contribution >= 0.6 is 0 Å². The smallest absolute Gasteiger partial charge is 0.337 e. The second-order valence-corrected chi connectivity index (χ2v) is 11.8. The minimum atomic E-state index is -4.92. The van der Waals surface area contributed by atoms with Gasteiger partial charge in [-0.25, -0.2) is 26.6 Å². The van der Waals surface area contributed by atoms with E-state index in [2.05, 4.69) is 16.0 Å². The second kappa shape index (κ2) is 9.62. The van der Waals surface area contributed by atoms with Gasteiger partial charge in [0.05, 0.1) is 39.9 Å².